The van der Waals surface area contributed by atoms with Crippen LogP contribution in [-0.4, -0.2) is 49.1 Å². The number of amides is 2. The van der Waals surface area contributed by atoms with Gasteiger partial charge in [0.1, 0.15) is 11.1 Å². The van der Waals surface area contributed by atoms with Gasteiger partial charge in [0, 0.05) is 37.0 Å². The Kier molecular flexibility index (Phi) is 6.33. The van der Waals surface area contributed by atoms with Crippen molar-refractivity contribution in [1.82, 2.24) is 9.21 Å². The maximum Gasteiger partial charge on any atom is 0.256 e. The van der Waals surface area contributed by atoms with Crippen molar-refractivity contribution in [3.63, 3.8) is 0 Å². The number of benzene rings is 1. The molecule has 168 valence electrons. The van der Waals surface area contributed by atoms with Crippen LogP contribution in [0.15, 0.2) is 29.2 Å². The number of hydrogen-bond acceptors (Lipinski definition) is 6. The number of nitrogens with one attached hydrogen (secondary N) is 1. The van der Waals surface area contributed by atoms with Crippen LogP contribution in [0.4, 0.5) is 5.00 Å². The van der Waals surface area contributed by atoms with E-state index in [-0.39, 0.29) is 10.8 Å². The average Bonchev–Trinajstić information content (AvgIpc) is 3.15. The lowest BCUT2D eigenvalue weighted by molar-refractivity contribution is -0.129. The molecule has 0 unspecified atom stereocenters. The predicted molar refractivity (Wildman–Crippen MR) is 121 cm³/mol. The summed E-state index contributed by atoms with van der Waals surface area (Å²) in [4.78, 5) is 27.3. The Morgan fingerprint density at radius 2 is 1.78 bits per heavy atom. The lowest BCUT2D eigenvalue weighted by Gasteiger charge is -2.25. The highest BCUT2D eigenvalue weighted by atomic mass is 32.2. The molecule has 1 fully saturated rings. The molecule has 0 bridgehead atoms. The fourth-order valence-electron chi connectivity index (χ4n) is 4.09. The summed E-state index contributed by atoms with van der Waals surface area (Å²) in [6, 6.07) is 8.06. The minimum absolute atomic E-state index is 0.0206. The van der Waals surface area contributed by atoms with Crippen LogP contribution in [0.3, 0.4) is 0 Å². The molecule has 1 saturated heterocycles. The molecule has 2 aliphatic heterocycles. The van der Waals surface area contributed by atoms with Crippen LogP contribution in [0, 0.1) is 11.3 Å². The number of carbonyl (C=O) groups excluding carboxylic acids is 2. The topological polar surface area (TPSA) is 111 Å². The van der Waals surface area contributed by atoms with Gasteiger partial charge >= 0.3 is 0 Å². The zero-order valence-corrected chi connectivity index (χ0v) is 19.4. The normalized spacial score (nSPS) is 16.8. The molecule has 0 spiro atoms. The van der Waals surface area contributed by atoms with Crippen LogP contribution in [-0.2, 0) is 27.8 Å². The van der Waals surface area contributed by atoms with Gasteiger partial charge < -0.3 is 10.2 Å². The van der Waals surface area contributed by atoms with Crippen molar-refractivity contribution in [2.24, 2.45) is 0 Å². The maximum absolute atomic E-state index is 12.8. The van der Waals surface area contributed by atoms with Crippen LogP contribution in [0.1, 0.15) is 52.5 Å². The van der Waals surface area contributed by atoms with Crippen molar-refractivity contribution >= 4 is 38.2 Å². The van der Waals surface area contributed by atoms with Gasteiger partial charge in [-0.2, -0.15) is 9.57 Å². The summed E-state index contributed by atoms with van der Waals surface area (Å²) in [5.41, 5.74) is 1.63. The van der Waals surface area contributed by atoms with Gasteiger partial charge in [-0.15, -0.1) is 11.3 Å². The molecular weight excluding hydrogens is 448 g/mol. The number of carbonyl (C=O) groups is 2. The highest BCUT2D eigenvalue weighted by Crippen LogP contribution is 2.37. The molecule has 0 aliphatic carbocycles. The molecule has 0 radical (unpaired) electrons. The number of sulfonamides is 1. The molecule has 2 aromatic rings. The zero-order chi connectivity index (χ0) is 22.9. The first-order valence-electron chi connectivity index (χ1n) is 10.5. The van der Waals surface area contributed by atoms with E-state index in [0.717, 1.165) is 29.7 Å². The van der Waals surface area contributed by atoms with Gasteiger partial charge in [0.15, 0.2) is 0 Å². The van der Waals surface area contributed by atoms with Gasteiger partial charge in [0.2, 0.25) is 15.9 Å². The number of thiophene rings is 1. The lowest BCUT2D eigenvalue weighted by atomic mass is 10.0. The van der Waals surface area contributed by atoms with Crippen molar-refractivity contribution in [3.8, 4) is 6.07 Å². The van der Waals surface area contributed by atoms with E-state index in [1.165, 1.54) is 46.8 Å². The van der Waals surface area contributed by atoms with Gasteiger partial charge in [-0.25, -0.2) is 8.42 Å². The second kappa shape index (κ2) is 9.02. The average molecular weight is 473 g/mol. The van der Waals surface area contributed by atoms with E-state index in [9.17, 15) is 23.3 Å². The molecule has 2 amide bonds. The summed E-state index contributed by atoms with van der Waals surface area (Å²) in [5, 5.41) is 12.9. The highest BCUT2D eigenvalue weighted by Gasteiger charge is 2.28. The second-order valence-corrected chi connectivity index (χ2v) is 11.0. The van der Waals surface area contributed by atoms with E-state index in [4.69, 9.17) is 0 Å². The first kappa shape index (κ1) is 22.5. The molecule has 4 rings (SSSR count). The van der Waals surface area contributed by atoms with Crippen molar-refractivity contribution < 1.29 is 18.0 Å². The molecule has 2 aliphatic rings. The fraction of sp³-hybridized carbons (Fsp3) is 0.409. The molecule has 1 N–H and O–H groups in total. The van der Waals surface area contributed by atoms with Crippen molar-refractivity contribution in [3.05, 3.63) is 45.8 Å². The van der Waals surface area contributed by atoms with Gasteiger partial charge in [-0.1, -0.05) is 6.42 Å². The van der Waals surface area contributed by atoms with Crippen LogP contribution in [0.25, 0.3) is 0 Å². The summed E-state index contributed by atoms with van der Waals surface area (Å²) in [6.07, 6.45) is 3.33. The Hall–Kier alpha value is -2.74. The third-order valence-electron chi connectivity index (χ3n) is 5.91. The number of fused-ring (bicyclic) bond motifs is 1. The third-order valence-corrected chi connectivity index (χ3v) is 8.96. The summed E-state index contributed by atoms with van der Waals surface area (Å²) in [7, 11) is -3.56. The largest absolute Gasteiger partial charge is 0.337 e. The number of nitrogens with zero attached hydrogens (tertiary/aromatic N) is 3. The van der Waals surface area contributed by atoms with Gasteiger partial charge in [0.25, 0.3) is 5.91 Å². The van der Waals surface area contributed by atoms with Crippen LogP contribution < -0.4 is 5.32 Å². The van der Waals surface area contributed by atoms with Gasteiger partial charge in [-0.05, 0) is 49.1 Å². The summed E-state index contributed by atoms with van der Waals surface area (Å²) in [6.45, 7) is 3.54. The summed E-state index contributed by atoms with van der Waals surface area (Å²) >= 11 is 1.31. The van der Waals surface area contributed by atoms with Crippen LogP contribution >= 0.6 is 11.3 Å². The number of anilines is 1. The molecule has 0 saturated carbocycles. The Morgan fingerprint density at radius 1 is 1.09 bits per heavy atom. The molecule has 0 atom stereocenters. The molecule has 1 aromatic carbocycles. The second-order valence-electron chi connectivity index (χ2n) is 7.95. The monoisotopic (exact) mass is 472 g/mol. The molecular formula is C22H24N4O4S2. The molecule has 10 heteroatoms. The Balaban J connectivity index is 1.51. The van der Waals surface area contributed by atoms with Crippen LogP contribution in [0.5, 0.6) is 0 Å². The predicted octanol–water partition coefficient (Wildman–Crippen LogP) is 2.95. The number of rotatable bonds is 4. The highest BCUT2D eigenvalue weighted by molar-refractivity contribution is 7.89. The maximum atomic E-state index is 12.8. The van der Waals surface area contributed by atoms with E-state index in [0.29, 0.717) is 48.7 Å². The standard InChI is InChI=1S/C22H24N4O4S2/c1-15(27)25-12-9-18-19(13-23)22(31-20(18)14-25)24-21(28)16-5-7-17(8-6-16)32(29,30)26-10-3-2-4-11-26/h5-8H,2-4,9-12,14H2,1H3,(H,24,28). The fourth-order valence-corrected chi connectivity index (χ4v) is 6.81. The minimum atomic E-state index is -3.56. The third kappa shape index (κ3) is 4.28. The number of piperidine rings is 1. The molecule has 1 aromatic heterocycles. The molecule has 8 nitrogen and oxygen atoms in total. The zero-order valence-electron chi connectivity index (χ0n) is 17.8. The quantitative estimate of drug-likeness (QED) is 0.736. The Bertz CT molecular complexity index is 1190. The molecule has 3 heterocycles. The van der Waals surface area contributed by atoms with Crippen molar-refractivity contribution in [2.45, 2.75) is 44.0 Å². The summed E-state index contributed by atoms with van der Waals surface area (Å²) in [5.74, 6) is -0.432. The van der Waals surface area contributed by atoms with Crippen molar-refractivity contribution in [2.75, 3.05) is 25.0 Å². The smallest absolute Gasteiger partial charge is 0.256 e. The van der Waals surface area contributed by atoms with Crippen LogP contribution in [0.2, 0.25) is 0 Å². The molecule has 32 heavy (non-hydrogen) atoms. The summed E-state index contributed by atoms with van der Waals surface area (Å²) < 4.78 is 27.1. The first-order chi connectivity index (χ1) is 15.3. The van der Waals surface area contributed by atoms with E-state index in [1.54, 1.807) is 4.90 Å². The van der Waals surface area contributed by atoms with Gasteiger partial charge in [-0.3, -0.25) is 9.59 Å². The first-order valence-corrected chi connectivity index (χ1v) is 12.8. The Labute approximate surface area is 191 Å². The lowest BCUT2D eigenvalue weighted by Crippen LogP contribution is -2.35. The Morgan fingerprint density at radius 3 is 2.41 bits per heavy atom. The van der Waals surface area contributed by atoms with E-state index in [2.05, 4.69) is 11.4 Å². The number of hydrogen-bond donors (Lipinski definition) is 1. The van der Waals surface area contributed by atoms with E-state index >= 15 is 0 Å². The van der Waals surface area contributed by atoms with E-state index < -0.39 is 15.9 Å². The van der Waals surface area contributed by atoms with Crippen molar-refractivity contribution in [1.29, 1.82) is 5.26 Å². The van der Waals surface area contributed by atoms with Gasteiger partial charge in [0.05, 0.1) is 17.0 Å². The number of nitriles is 1. The minimum Gasteiger partial charge on any atom is -0.337 e. The van der Waals surface area contributed by atoms with E-state index in [1.807, 2.05) is 0 Å². The SMILES string of the molecule is CC(=O)N1CCc2c(sc(NC(=O)c3ccc(S(=O)(=O)N4CCCCC4)cc3)c2C#N)C1.